The van der Waals surface area contributed by atoms with E-state index in [1.165, 1.54) is 12.1 Å². The third-order valence-corrected chi connectivity index (χ3v) is 1.56. The predicted molar refractivity (Wildman–Crippen MR) is 40.8 cm³/mol. The molecule has 0 fully saturated rings. The zero-order chi connectivity index (χ0) is 8.55. The molecular formula is C7H5AgN3O2+. The van der Waals surface area contributed by atoms with Crippen molar-refractivity contribution in [3.63, 3.8) is 0 Å². The number of nitrogens with zero attached hydrogens (tertiary/aromatic N) is 2. The van der Waals surface area contributed by atoms with Crippen LogP contribution in [0.5, 0.6) is 0 Å². The van der Waals surface area contributed by atoms with Crippen molar-refractivity contribution in [1.29, 1.82) is 0 Å². The number of carboxylic acids is 1. The molecule has 13 heavy (non-hydrogen) atoms. The van der Waals surface area contributed by atoms with Gasteiger partial charge in [0.25, 0.3) is 0 Å². The summed E-state index contributed by atoms with van der Waals surface area (Å²) in [6, 6.07) is 4.58. The molecule has 0 amide bonds. The molecule has 0 atom stereocenters. The molecule has 0 aliphatic heterocycles. The van der Waals surface area contributed by atoms with Gasteiger partial charge in [0.15, 0.2) is 0 Å². The summed E-state index contributed by atoms with van der Waals surface area (Å²) in [6.45, 7) is 0. The van der Waals surface area contributed by atoms with E-state index in [9.17, 15) is 4.79 Å². The molecule has 0 saturated heterocycles. The zero-order valence-corrected chi connectivity index (χ0v) is 7.77. The van der Waals surface area contributed by atoms with Crippen molar-refractivity contribution in [3.8, 4) is 0 Å². The third-order valence-electron chi connectivity index (χ3n) is 1.56. The van der Waals surface area contributed by atoms with Gasteiger partial charge in [-0.15, -0.1) is 0 Å². The SMILES string of the molecule is O=C(O)c1ccc2n[nH]nc2c1.[Ag+]. The molecule has 6 heteroatoms. The summed E-state index contributed by atoms with van der Waals surface area (Å²) in [7, 11) is 0. The maximum atomic E-state index is 10.5. The Morgan fingerprint density at radius 2 is 2.00 bits per heavy atom. The first-order chi connectivity index (χ1) is 5.77. The second kappa shape index (κ2) is 3.69. The minimum Gasteiger partial charge on any atom is -0.478 e. The van der Waals surface area contributed by atoms with E-state index in [1.54, 1.807) is 6.07 Å². The molecule has 0 spiro atoms. The molecule has 0 aliphatic rings. The molecule has 0 radical (unpaired) electrons. The number of nitrogens with one attached hydrogen (secondary N) is 1. The molecule has 0 bridgehead atoms. The molecule has 2 aromatic rings. The van der Waals surface area contributed by atoms with E-state index in [4.69, 9.17) is 5.11 Å². The number of benzene rings is 1. The van der Waals surface area contributed by atoms with Crippen LogP contribution in [0.1, 0.15) is 10.4 Å². The molecule has 1 aromatic heterocycles. The maximum absolute atomic E-state index is 10.5. The van der Waals surface area contributed by atoms with Crippen LogP contribution in [0, 0.1) is 0 Å². The number of carboxylic acid groups (broad SMARTS) is 1. The normalized spacial score (nSPS) is 9.54. The van der Waals surface area contributed by atoms with Gasteiger partial charge >= 0.3 is 28.3 Å². The number of aromatic nitrogens is 3. The number of hydrogen-bond acceptors (Lipinski definition) is 3. The summed E-state index contributed by atoms with van der Waals surface area (Å²) in [5, 5.41) is 18.6. The smallest absolute Gasteiger partial charge is 0.478 e. The fraction of sp³-hybridized carbons (Fsp3) is 0. The van der Waals surface area contributed by atoms with Crippen LogP contribution in [0.4, 0.5) is 0 Å². The maximum Gasteiger partial charge on any atom is 1.00 e. The van der Waals surface area contributed by atoms with Crippen molar-refractivity contribution in [2.24, 2.45) is 0 Å². The first-order valence-electron chi connectivity index (χ1n) is 3.31. The topological polar surface area (TPSA) is 78.9 Å². The van der Waals surface area contributed by atoms with E-state index in [0.717, 1.165) is 0 Å². The van der Waals surface area contributed by atoms with E-state index < -0.39 is 5.97 Å². The van der Waals surface area contributed by atoms with Gasteiger partial charge < -0.3 is 5.11 Å². The Labute approximate surface area is 88.7 Å². The standard InChI is InChI=1S/C7H5N3O2.Ag/c11-7(12)4-1-2-5-6(3-4)9-10-8-5;/h1-3H,(H,11,12)(H,8,9,10);/q;+1. The van der Waals surface area contributed by atoms with Crippen LogP contribution in [-0.2, 0) is 22.4 Å². The largest absolute Gasteiger partial charge is 1.00 e. The van der Waals surface area contributed by atoms with E-state index in [0.29, 0.717) is 11.0 Å². The minimum absolute atomic E-state index is 0. The van der Waals surface area contributed by atoms with Crippen molar-refractivity contribution in [3.05, 3.63) is 23.8 Å². The second-order valence-corrected chi connectivity index (χ2v) is 2.33. The van der Waals surface area contributed by atoms with Gasteiger partial charge in [-0.25, -0.2) is 4.79 Å². The predicted octanol–water partition coefficient (Wildman–Crippen LogP) is 0.654. The van der Waals surface area contributed by atoms with Gasteiger partial charge in [-0.05, 0) is 18.2 Å². The van der Waals surface area contributed by atoms with Crippen LogP contribution < -0.4 is 0 Å². The van der Waals surface area contributed by atoms with Crippen LogP contribution in [-0.4, -0.2) is 26.5 Å². The average molecular weight is 271 g/mol. The minimum atomic E-state index is -0.958. The first-order valence-corrected chi connectivity index (χ1v) is 3.31. The van der Waals surface area contributed by atoms with Crippen molar-refractivity contribution < 1.29 is 32.3 Å². The van der Waals surface area contributed by atoms with E-state index in [-0.39, 0.29) is 27.9 Å². The Bertz CT molecular complexity index is 440. The molecule has 70 valence electrons. The van der Waals surface area contributed by atoms with Gasteiger partial charge in [-0.1, -0.05) is 0 Å². The van der Waals surface area contributed by atoms with Crippen LogP contribution in [0.3, 0.4) is 0 Å². The van der Waals surface area contributed by atoms with Gasteiger partial charge in [0.05, 0.1) is 5.56 Å². The van der Waals surface area contributed by atoms with Crippen LogP contribution >= 0.6 is 0 Å². The van der Waals surface area contributed by atoms with Crippen LogP contribution in [0.15, 0.2) is 18.2 Å². The van der Waals surface area contributed by atoms with Gasteiger partial charge in [-0.3, -0.25) is 0 Å². The van der Waals surface area contributed by atoms with Gasteiger partial charge in [-0.2, -0.15) is 15.4 Å². The summed E-state index contributed by atoms with van der Waals surface area (Å²) in [5.41, 5.74) is 1.45. The quantitative estimate of drug-likeness (QED) is 0.746. The fourth-order valence-corrected chi connectivity index (χ4v) is 0.973. The molecule has 1 heterocycles. The number of hydrogen-bond donors (Lipinski definition) is 2. The van der Waals surface area contributed by atoms with Crippen molar-refractivity contribution in [2.45, 2.75) is 0 Å². The number of aromatic amines is 1. The Hall–Kier alpha value is -1.17. The Morgan fingerprint density at radius 1 is 1.31 bits per heavy atom. The second-order valence-electron chi connectivity index (χ2n) is 2.33. The number of H-pyrrole nitrogens is 1. The van der Waals surface area contributed by atoms with E-state index >= 15 is 0 Å². The van der Waals surface area contributed by atoms with Crippen molar-refractivity contribution in [1.82, 2.24) is 15.4 Å². The van der Waals surface area contributed by atoms with Crippen LogP contribution in [0.2, 0.25) is 0 Å². The number of carbonyl (C=O) groups is 1. The summed E-state index contributed by atoms with van der Waals surface area (Å²) in [5.74, 6) is -0.958. The van der Waals surface area contributed by atoms with E-state index in [2.05, 4.69) is 15.4 Å². The molecule has 0 aliphatic carbocycles. The molecule has 2 rings (SSSR count). The average Bonchev–Trinajstić information content (AvgIpc) is 2.49. The fourth-order valence-electron chi connectivity index (χ4n) is 0.973. The van der Waals surface area contributed by atoms with Gasteiger partial charge in [0.1, 0.15) is 11.0 Å². The van der Waals surface area contributed by atoms with Crippen molar-refractivity contribution >= 4 is 17.0 Å². The number of aromatic carboxylic acids is 1. The molecule has 5 nitrogen and oxygen atoms in total. The van der Waals surface area contributed by atoms with Crippen LogP contribution in [0.25, 0.3) is 11.0 Å². The summed E-state index contributed by atoms with van der Waals surface area (Å²) in [6.07, 6.45) is 0. The number of fused-ring (bicyclic) bond motifs is 1. The van der Waals surface area contributed by atoms with E-state index in [1.807, 2.05) is 0 Å². The Morgan fingerprint density at radius 3 is 2.69 bits per heavy atom. The summed E-state index contributed by atoms with van der Waals surface area (Å²) in [4.78, 5) is 10.5. The monoisotopic (exact) mass is 270 g/mol. The Balaban J connectivity index is 0.000000845. The first kappa shape index (κ1) is 9.91. The molecule has 1 aromatic carbocycles. The molecule has 0 saturated carbocycles. The molecule has 0 unspecified atom stereocenters. The summed E-state index contributed by atoms with van der Waals surface area (Å²) < 4.78 is 0. The van der Waals surface area contributed by atoms with Gasteiger partial charge in [0.2, 0.25) is 0 Å². The zero-order valence-electron chi connectivity index (χ0n) is 6.28. The van der Waals surface area contributed by atoms with Crippen molar-refractivity contribution in [2.75, 3.05) is 0 Å². The molecular weight excluding hydrogens is 266 g/mol. The van der Waals surface area contributed by atoms with Gasteiger partial charge in [0, 0.05) is 0 Å². The molecule has 2 N–H and O–H groups in total. The number of rotatable bonds is 1. The third kappa shape index (κ3) is 1.77. The summed E-state index contributed by atoms with van der Waals surface area (Å²) >= 11 is 0. The Kier molecular flexibility index (Phi) is 2.82.